The molecule has 1 atom stereocenters. The molecule has 0 radical (unpaired) electrons. The minimum atomic E-state index is 0.0913. The topological polar surface area (TPSA) is 61.0 Å². The molecule has 3 aromatic rings. The average Bonchev–Trinajstić information content (AvgIpc) is 3.17. The summed E-state index contributed by atoms with van der Waals surface area (Å²) in [5.41, 5.74) is 3.31. The van der Waals surface area contributed by atoms with Crippen LogP contribution in [0.4, 0.5) is 5.95 Å². The van der Waals surface area contributed by atoms with Crippen LogP contribution in [0.25, 0.3) is 11.0 Å². The number of hydrogen-bond donors (Lipinski definition) is 2. The number of nitrogens with one attached hydrogen (secondary N) is 2. The van der Waals surface area contributed by atoms with Crippen LogP contribution in [0.3, 0.4) is 0 Å². The summed E-state index contributed by atoms with van der Waals surface area (Å²) in [6, 6.07) is 18.4. The van der Waals surface area contributed by atoms with Crippen molar-refractivity contribution in [3.05, 3.63) is 60.2 Å². The fourth-order valence-corrected chi connectivity index (χ4v) is 3.74. The van der Waals surface area contributed by atoms with Crippen molar-refractivity contribution >= 4 is 22.9 Å². The normalized spacial score (nSPS) is 16.4. The van der Waals surface area contributed by atoms with Crippen LogP contribution in [-0.4, -0.2) is 35.5 Å². The number of amides is 1. The lowest BCUT2D eigenvalue weighted by Gasteiger charge is -2.31. The van der Waals surface area contributed by atoms with Gasteiger partial charge in [-0.05, 0) is 36.5 Å². The molecule has 5 nitrogen and oxygen atoms in total. The molecular weight excluding hydrogens is 336 g/mol. The number of para-hydroxylation sites is 2. The number of aromatic nitrogens is 2. The third kappa shape index (κ3) is 3.97. The molecule has 1 aliphatic rings. The zero-order valence-corrected chi connectivity index (χ0v) is 15.7. The summed E-state index contributed by atoms with van der Waals surface area (Å²) in [6.07, 6.45) is 1.73. The molecule has 5 heteroatoms. The Labute approximate surface area is 159 Å². The van der Waals surface area contributed by atoms with Crippen LogP contribution in [0.2, 0.25) is 0 Å². The second-order valence-corrected chi connectivity index (χ2v) is 7.40. The Bertz CT molecular complexity index is 864. The van der Waals surface area contributed by atoms with E-state index in [9.17, 15) is 4.79 Å². The summed E-state index contributed by atoms with van der Waals surface area (Å²) in [6.45, 7) is 4.55. The maximum absolute atomic E-state index is 12.6. The molecule has 2 N–H and O–H groups in total. The lowest BCUT2D eigenvalue weighted by Crippen LogP contribution is -2.41. The first-order valence-corrected chi connectivity index (χ1v) is 9.73. The third-order valence-corrected chi connectivity index (χ3v) is 5.49. The predicted octanol–water partition coefficient (Wildman–Crippen LogP) is 3.70. The van der Waals surface area contributed by atoms with Gasteiger partial charge in [-0.15, -0.1) is 0 Å². The fourth-order valence-electron chi connectivity index (χ4n) is 3.74. The number of carbonyl (C=O) groups excluding carboxylic acids is 1. The number of nitrogens with zero attached hydrogens (tertiary/aromatic N) is 2. The molecular formula is C22H26N4O. The molecule has 4 rings (SSSR count). The van der Waals surface area contributed by atoms with Crippen molar-refractivity contribution < 1.29 is 4.79 Å². The van der Waals surface area contributed by atoms with E-state index in [1.807, 2.05) is 42.5 Å². The molecule has 2 heterocycles. The zero-order chi connectivity index (χ0) is 18.6. The fraction of sp³-hybridized carbons (Fsp3) is 0.364. The van der Waals surface area contributed by atoms with Gasteiger partial charge in [0, 0.05) is 25.6 Å². The van der Waals surface area contributed by atoms with Gasteiger partial charge in [-0.3, -0.25) is 4.79 Å². The summed E-state index contributed by atoms with van der Waals surface area (Å²) < 4.78 is 0. The van der Waals surface area contributed by atoms with Crippen molar-refractivity contribution in [1.82, 2.24) is 15.3 Å². The molecule has 1 saturated heterocycles. The number of imidazole rings is 1. The number of carbonyl (C=O) groups is 1. The van der Waals surface area contributed by atoms with Gasteiger partial charge in [0.2, 0.25) is 11.9 Å². The molecule has 0 saturated carbocycles. The smallest absolute Gasteiger partial charge is 0.223 e. The van der Waals surface area contributed by atoms with E-state index >= 15 is 0 Å². The molecule has 1 aromatic heterocycles. The predicted molar refractivity (Wildman–Crippen MR) is 109 cm³/mol. The number of H-pyrrole nitrogens is 1. The van der Waals surface area contributed by atoms with Gasteiger partial charge in [-0.25, -0.2) is 4.98 Å². The highest BCUT2D eigenvalue weighted by molar-refractivity contribution is 5.79. The van der Waals surface area contributed by atoms with E-state index < -0.39 is 0 Å². The van der Waals surface area contributed by atoms with Gasteiger partial charge in [0.15, 0.2) is 0 Å². The van der Waals surface area contributed by atoms with Crippen molar-refractivity contribution in [2.45, 2.75) is 25.7 Å². The summed E-state index contributed by atoms with van der Waals surface area (Å²) in [4.78, 5) is 22.9. The van der Waals surface area contributed by atoms with Crippen molar-refractivity contribution in [2.24, 2.45) is 5.92 Å². The van der Waals surface area contributed by atoms with Gasteiger partial charge in [-0.2, -0.15) is 0 Å². The lowest BCUT2D eigenvalue weighted by atomic mass is 9.95. The van der Waals surface area contributed by atoms with Crippen LogP contribution in [-0.2, 0) is 4.79 Å². The number of anilines is 1. The van der Waals surface area contributed by atoms with Gasteiger partial charge in [-0.1, -0.05) is 49.4 Å². The summed E-state index contributed by atoms with van der Waals surface area (Å²) in [7, 11) is 0. The van der Waals surface area contributed by atoms with E-state index in [4.69, 9.17) is 0 Å². The van der Waals surface area contributed by atoms with Crippen LogP contribution in [0.15, 0.2) is 54.6 Å². The molecule has 0 unspecified atom stereocenters. The molecule has 140 valence electrons. The molecule has 2 aromatic carbocycles. The van der Waals surface area contributed by atoms with Crippen LogP contribution in [0.5, 0.6) is 0 Å². The first kappa shape index (κ1) is 17.6. The van der Waals surface area contributed by atoms with Gasteiger partial charge in [0.25, 0.3) is 0 Å². The second kappa shape index (κ2) is 7.82. The standard InChI is InChI=1S/C22H26N4O/c1-16(17-7-3-2-4-8-17)15-23-21(27)18-11-13-26(14-12-18)22-24-19-9-5-6-10-20(19)25-22/h2-10,16,18H,11-15H2,1H3,(H,23,27)(H,24,25)/t16-/m1/s1. The summed E-state index contributed by atoms with van der Waals surface area (Å²) >= 11 is 0. The lowest BCUT2D eigenvalue weighted by molar-refractivity contribution is -0.125. The van der Waals surface area contributed by atoms with Gasteiger partial charge in [0.1, 0.15) is 0 Å². The minimum absolute atomic E-state index is 0.0913. The van der Waals surface area contributed by atoms with E-state index in [1.54, 1.807) is 0 Å². The minimum Gasteiger partial charge on any atom is -0.355 e. The maximum Gasteiger partial charge on any atom is 0.223 e. The number of piperidine rings is 1. The van der Waals surface area contributed by atoms with E-state index in [2.05, 4.69) is 39.2 Å². The van der Waals surface area contributed by atoms with Crippen molar-refractivity contribution in [3.63, 3.8) is 0 Å². The van der Waals surface area contributed by atoms with Crippen LogP contribution in [0, 0.1) is 5.92 Å². The number of hydrogen-bond acceptors (Lipinski definition) is 3. The summed E-state index contributed by atoms with van der Waals surface area (Å²) in [5.74, 6) is 1.51. The molecule has 0 bridgehead atoms. The van der Waals surface area contributed by atoms with Gasteiger partial charge < -0.3 is 15.2 Å². The quantitative estimate of drug-likeness (QED) is 0.727. The van der Waals surface area contributed by atoms with Crippen LogP contribution in [0.1, 0.15) is 31.2 Å². The van der Waals surface area contributed by atoms with E-state index in [1.165, 1.54) is 5.56 Å². The van der Waals surface area contributed by atoms with E-state index in [0.29, 0.717) is 12.5 Å². The molecule has 27 heavy (non-hydrogen) atoms. The highest BCUT2D eigenvalue weighted by atomic mass is 16.1. The zero-order valence-electron chi connectivity index (χ0n) is 15.7. The van der Waals surface area contributed by atoms with Crippen molar-refractivity contribution in [2.75, 3.05) is 24.5 Å². The van der Waals surface area contributed by atoms with Crippen LogP contribution >= 0.6 is 0 Å². The highest BCUT2D eigenvalue weighted by Gasteiger charge is 2.26. The van der Waals surface area contributed by atoms with Gasteiger partial charge >= 0.3 is 0 Å². The van der Waals surface area contributed by atoms with Crippen molar-refractivity contribution in [1.29, 1.82) is 0 Å². The molecule has 0 aliphatic carbocycles. The Morgan fingerprint density at radius 1 is 1.15 bits per heavy atom. The number of rotatable bonds is 5. The SMILES string of the molecule is C[C@H](CNC(=O)C1CCN(c2nc3ccccc3[nH]2)CC1)c1ccccc1. The number of aromatic amines is 1. The Morgan fingerprint density at radius 3 is 2.59 bits per heavy atom. The third-order valence-electron chi connectivity index (χ3n) is 5.49. The second-order valence-electron chi connectivity index (χ2n) is 7.40. The first-order chi connectivity index (χ1) is 13.2. The van der Waals surface area contributed by atoms with E-state index in [0.717, 1.165) is 42.9 Å². The Hall–Kier alpha value is -2.82. The molecule has 1 aliphatic heterocycles. The van der Waals surface area contributed by atoms with Crippen molar-refractivity contribution in [3.8, 4) is 0 Å². The Balaban J connectivity index is 1.29. The number of benzene rings is 2. The summed E-state index contributed by atoms with van der Waals surface area (Å²) in [5, 5.41) is 3.15. The monoisotopic (exact) mass is 362 g/mol. The molecule has 1 fully saturated rings. The van der Waals surface area contributed by atoms with E-state index in [-0.39, 0.29) is 11.8 Å². The first-order valence-electron chi connectivity index (χ1n) is 9.73. The average molecular weight is 362 g/mol. The Kier molecular flexibility index (Phi) is 5.10. The largest absolute Gasteiger partial charge is 0.355 e. The number of fused-ring (bicyclic) bond motifs is 1. The molecule has 0 spiro atoms. The van der Waals surface area contributed by atoms with Crippen LogP contribution < -0.4 is 10.2 Å². The molecule has 1 amide bonds. The van der Waals surface area contributed by atoms with Gasteiger partial charge in [0.05, 0.1) is 11.0 Å². The maximum atomic E-state index is 12.6. The highest BCUT2D eigenvalue weighted by Crippen LogP contribution is 2.24. The Morgan fingerprint density at radius 2 is 1.85 bits per heavy atom.